The average Bonchev–Trinajstić information content (AvgIpc) is 2.35. The molecule has 0 saturated heterocycles. The van der Waals surface area contributed by atoms with Crippen LogP contribution in [0.1, 0.15) is 18.1 Å². The quantitative estimate of drug-likeness (QED) is 0.672. The van der Waals surface area contributed by atoms with Gasteiger partial charge >= 0.3 is 0 Å². The molecule has 0 unspecified atom stereocenters. The first-order chi connectivity index (χ1) is 8.38. The lowest BCUT2D eigenvalue weighted by molar-refractivity contribution is 1.10. The number of hydrogen-bond donors (Lipinski definition) is 0. The highest BCUT2D eigenvalue weighted by atomic mass is 15.1. The Morgan fingerprint density at radius 2 is 1.83 bits per heavy atom. The SMILES string of the molecule is C=CC(=C)c1ccc(N(C)C(=C)C(=C)C)cc1C. The summed E-state index contributed by atoms with van der Waals surface area (Å²) >= 11 is 0. The Bertz CT molecular complexity index is 520. The predicted molar refractivity (Wildman–Crippen MR) is 82.8 cm³/mol. The standard InChI is InChI=1S/C17H21N/c1-8-13(4)17-10-9-16(11-14(17)5)18(7)15(6)12(2)3/h8-11H,1-2,4,6H2,3,5,7H3. The Kier molecular flexibility index (Phi) is 4.33. The van der Waals surface area contributed by atoms with E-state index < -0.39 is 0 Å². The lowest BCUT2D eigenvalue weighted by Crippen LogP contribution is -2.16. The monoisotopic (exact) mass is 239 g/mol. The number of hydrogen-bond acceptors (Lipinski definition) is 1. The number of aryl methyl sites for hydroxylation is 1. The van der Waals surface area contributed by atoms with Gasteiger partial charge in [0.15, 0.2) is 0 Å². The van der Waals surface area contributed by atoms with Gasteiger partial charge in [-0.25, -0.2) is 0 Å². The second-order valence-corrected chi connectivity index (χ2v) is 4.51. The van der Waals surface area contributed by atoms with Crippen molar-refractivity contribution in [2.45, 2.75) is 13.8 Å². The number of rotatable bonds is 5. The van der Waals surface area contributed by atoms with Gasteiger partial charge in [-0.05, 0) is 48.3 Å². The smallest absolute Gasteiger partial charge is 0.0411 e. The van der Waals surface area contributed by atoms with Crippen LogP contribution < -0.4 is 4.90 Å². The van der Waals surface area contributed by atoms with Gasteiger partial charge in [0.1, 0.15) is 0 Å². The molecule has 18 heavy (non-hydrogen) atoms. The van der Waals surface area contributed by atoms with Crippen LogP contribution in [0.15, 0.2) is 61.9 Å². The number of nitrogens with zero attached hydrogens (tertiary/aromatic N) is 1. The first kappa shape index (κ1) is 14.0. The minimum atomic E-state index is 0.921. The Hall–Kier alpha value is -2.02. The van der Waals surface area contributed by atoms with Crippen molar-refractivity contribution in [2.24, 2.45) is 0 Å². The van der Waals surface area contributed by atoms with E-state index in [2.05, 4.69) is 51.4 Å². The second kappa shape index (κ2) is 5.54. The summed E-state index contributed by atoms with van der Waals surface area (Å²) < 4.78 is 0. The Labute approximate surface area is 110 Å². The molecule has 0 N–H and O–H groups in total. The van der Waals surface area contributed by atoms with Crippen molar-refractivity contribution in [3.63, 3.8) is 0 Å². The van der Waals surface area contributed by atoms with Crippen molar-refractivity contribution < 1.29 is 0 Å². The van der Waals surface area contributed by atoms with Crippen LogP contribution in [0.4, 0.5) is 5.69 Å². The summed E-state index contributed by atoms with van der Waals surface area (Å²) in [5.74, 6) is 0. The lowest BCUT2D eigenvalue weighted by Gasteiger charge is -2.23. The van der Waals surface area contributed by atoms with Crippen molar-refractivity contribution >= 4 is 11.3 Å². The lowest BCUT2D eigenvalue weighted by atomic mass is 10.0. The normalized spacial score (nSPS) is 9.72. The van der Waals surface area contributed by atoms with Crippen molar-refractivity contribution in [3.8, 4) is 0 Å². The summed E-state index contributed by atoms with van der Waals surface area (Å²) in [5.41, 5.74) is 6.24. The summed E-state index contributed by atoms with van der Waals surface area (Å²) in [6.45, 7) is 19.7. The minimum absolute atomic E-state index is 0.921. The third kappa shape index (κ3) is 2.80. The molecule has 1 aromatic carbocycles. The van der Waals surface area contributed by atoms with Crippen LogP contribution in [-0.4, -0.2) is 7.05 Å². The summed E-state index contributed by atoms with van der Waals surface area (Å²) in [6.07, 6.45) is 1.78. The molecule has 1 rings (SSSR count). The van der Waals surface area contributed by atoms with Gasteiger partial charge in [0.2, 0.25) is 0 Å². The van der Waals surface area contributed by atoms with E-state index in [0.717, 1.165) is 28.1 Å². The van der Waals surface area contributed by atoms with E-state index in [1.807, 2.05) is 18.9 Å². The molecule has 0 radical (unpaired) electrons. The fourth-order valence-electron chi connectivity index (χ4n) is 1.77. The third-order valence-electron chi connectivity index (χ3n) is 3.09. The minimum Gasteiger partial charge on any atom is -0.345 e. The van der Waals surface area contributed by atoms with Crippen molar-refractivity contribution in [1.29, 1.82) is 0 Å². The predicted octanol–water partition coefficient (Wildman–Crippen LogP) is 4.72. The van der Waals surface area contributed by atoms with Crippen molar-refractivity contribution in [1.82, 2.24) is 0 Å². The maximum absolute atomic E-state index is 4.03. The van der Waals surface area contributed by atoms with E-state index in [0.29, 0.717) is 0 Å². The van der Waals surface area contributed by atoms with Gasteiger partial charge < -0.3 is 4.90 Å². The summed E-state index contributed by atoms with van der Waals surface area (Å²) in [6, 6.07) is 6.25. The fraction of sp³-hybridized carbons (Fsp3) is 0.176. The molecule has 1 nitrogen and oxygen atoms in total. The number of benzene rings is 1. The molecule has 0 aliphatic rings. The topological polar surface area (TPSA) is 3.24 Å². The van der Waals surface area contributed by atoms with E-state index in [-0.39, 0.29) is 0 Å². The highest BCUT2D eigenvalue weighted by Crippen LogP contribution is 2.26. The van der Waals surface area contributed by atoms with Gasteiger partial charge in [-0.15, -0.1) is 0 Å². The van der Waals surface area contributed by atoms with Crippen LogP contribution in [-0.2, 0) is 0 Å². The molecule has 0 aliphatic heterocycles. The molecule has 94 valence electrons. The molecule has 0 heterocycles. The molecule has 0 saturated carbocycles. The first-order valence-corrected chi connectivity index (χ1v) is 5.89. The third-order valence-corrected chi connectivity index (χ3v) is 3.09. The highest BCUT2D eigenvalue weighted by molar-refractivity contribution is 5.75. The zero-order valence-electron chi connectivity index (χ0n) is 11.6. The summed E-state index contributed by atoms with van der Waals surface area (Å²) in [5, 5.41) is 0. The number of anilines is 1. The Balaban J connectivity index is 3.12. The first-order valence-electron chi connectivity index (χ1n) is 5.89. The zero-order valence-corrected chi connectivity index (χ0v) is 11.6. The molecule has 0 amide bonds. The van der Waals surface area contributed by atoms with E-state index in [1.54, 1.807) is 6.08 Å². The summed E-state index contributed by atoms with van der Waals surface area (Å²) in [7, 11) is 1.99. The van der Waals surface area contributed by atoms with Crippen LogP contribution in [0.25, 0.3) is 5.57 Å². The maximum Gasteiger partial charge on any atom is 0.0411 e. The van der Waals surface area contributed by atoms with Crippen LogP contribution in [0.3, 0.4) is 0 Å². The van der Waals surface area contributed by atoms with Gasteiger partial charge in [-0.1, -0.05) is 38.5 Å². The van der Waals surface area contributed by atoms with Crippen LogP contribution in [0.2, 0.25) is 0 Å². The second-order valence-electron chi connectivity index (χ2n) is 4.51. The zero-order chi connectivity index (χ0) is 13.9. The van der Waals surface area contributed by atoms with Crippen LogP contribution in [0.5, 0.6) is 0 Å². The molecule has 1 heteroatoms. The molecule has 0 spiro atoms. The van der Waals surface area contributed by atoms with E-state index in [4.69, 9.17) is 0 Å². The molecule has 0 bridgehead atoms. The molecule has 0 aromatic heterocycles. The van der Waals surface area contributed by atoms with Gasteiger partial charge in [0.25, 0.3) is 0 Å². The molecular formula is C17H21N. The largest absolute Gasteiger partial charge is 0.345 e. The van der Waals surface area contributed by atoms with Crippen LogP contribution in [0, 0.1) is 6.92 Å². The molecule has 1 aromatic rings. The fourth-order valence-corrected chi connectivity index (χ4v) is 1.77. The number of likely N-dealkylation sites (N-methyl/N-ethyl adjacent to an activating group) is 1. The maximum atomic E-state index is 4.03. The van der Waals surface area contributed by atoms with Crippen molar-refractivity contribution in [2.75, 3.05) is 11.9 Å². The summed E-state index contributed by atoms with van der Waals surface area (Å²) in [4.78, 5) is 2.04. The average molecular weight is 239 g/mol. The van der Waals surface area contributed by atoms with Gasteiger partial charge in [-0.3, -0.25) is 0 Å². The Morgan fingerprint density at radius 1 is 1.22 bits per heavy atom. The van der Waals surface area contributed by atoms with E-state index >= 15 is 0 Å². The highest BCUT2D eigenvalue weighted by Gasteiger charge is 2.08. The van der Waals surface area contributed by atoms with Crippen LogP contribution >= 0.6 is 0 Å². The molecular weight excluding hydrogens is 218 g/mol. The van der Waals surface area contributed by atoms with Crippen molar-refractivity contribution in [3.05, 3.63) is 73.0 Å². The molecule has 0 fully saturated rings. The Morgan fingerprint density at radius 3 is 2.28 bits per heavy atom. The van der Waals surface area contributed by atoms with Gasteiger partial charge in [0.05, 0.1) is 0 Å². The van der Waals surface area contributed by atoms with E-state index in [9.17, 15) is 0 Å². The van der Waals surface area contributed by atoms with Gasteiger partial charge in [-0.2, -0.15) is 0 Å². The van der Waals surface area contributed by atoms with Gasteiger partial charge in [0, 0.05) is 18.4 Å². The van der Waals surface area contributed by atoms with E-state index in [1.165, 1.54) is 5.56 Å². The number of allylic oxidation sites excluding steroid dienone is 3. The molecule has 0 atom stereocenters. The molecule has 0 aliphatic carbocycles.